The summed E-state index contributed by atoms with van der Waals surface area (Å²) in [7, 11) is 0. The number of likely N-dealkylation sites (tertiary alicyclic amines) is 2. The van der Waals surface area contributed by atoms with Crippen molar-refractivity contribution >= 4 is 41.4 Å². The van der Waals surface area contributed by atoms with Crippen LogP contribution in [-0.2, 0) is 28.8 Å². The topological polar surface area (TPSA) is 174 Å². The molecule has 13 heteroatoms. The van der Waals surface area contributed by atoms with E-state index >= 15 is 0 Å². The number of nitrogens with one attached hydrogen (secondary N) is 4. The Labute approximate surface area is 316 Å². The van der Waals surface area contributed by atoms with Crippen molar-refractivity contribution in [2.24, 2.45) is 28.6 Å². The van der Waals surface area contributed by atoms with Crippen molar-refractivity contribution in [1.82, 2.24) is 31.1 Å². The van der Waals surface area contributed by atoms with Gasteiger partial charge in [-0.05, 0) is 54.3 Å². The van der Waals surface area contributed by atoms with Gasteiger partial charge in [0.1, 0.15) is 12.1 Å². The molecule has 0 aromatic carbocycles. The molecule has 1 aliphatic carbocycles. The lowest BCUT2D eigenvalue weighted by Crippen LogP contribution is -2.62. The smallest absolute Gasteiger partial charge is 0.315 e. The molecule has 0 bridgehead atoms. The third kappa shape index (κ3) is 11.9. The van der Waals surface area contributed by atoms with Crippen LogP contribution in [-0.4, -0.2) is 95.0 Å². The standard InChI is InChI=1S/C40H66N6O7/c1-10-12-18-28(34(49)36(51)41-20-11-2)42-35(50)33-27(25(3)4)19-21-45(33)37(52)32(26-16-14-13-15-17-26)44-38(53)43-29(39(5,6)7)24-46-30(47)22-40(8,9)23-31(46)48/h11,25-29,32-33H,2,10,12-24H2,1,3-9H3,(H,41,51)(H,42,50)(H2,43,44,53)/t27?,28?,29-,32+,33+/m1/s1. The van der Waals surface area contributed by atoms with Crippen LogP contribution < -0.4 is 21.3 Å². The molecule has 53 heavy (non-hydrogen) atoms. The number of unbranched alkanes of at least 4 members (excludes halogenated alkanes) is 1. The summed E-state index contributed by atoms with van der Waals surface area (Å²) in [5.74, 6) is -3.25. The molecular weight excluding hydrogens is 676 g/mol. The van der Waals surface area contributed by atoms with Gasteiger partial charge in [-0.1, -0.05) is 93.6 Å². The van der Waals surface area contributed by atoms with Crippen molar-refractivity contribution in [3.63, 3.8) is 0 Å². The number of Topliss-reactive ketones (excluding diaryl/α,β-unsaturated/α-hetero) is 1. The predicted octanol–water partition coefficient (Wildman–Crippen LogP) is 4.24. The molecule has 7 amide bonds. The molecule has 0 radical (unpaired) electrons. The minimum Gasteiger partial charge on any atom is -0.346 e. The van der Waals surface area contributed by atoms with Crippen molar-refractivity contribution in [3.8, 4) is 0 Å². The fourth-order valence-electron chi connectivity index (χ4n) is 7.94. The number of rotatable bonds is 16. The maximum atomic E-state index is 14.7. The lowest BCUT2D eigenvalue weighted by atomic mass is 9.80. The van der Waals surface area contributed by atoms with Gasteiger partial charge < -0.3 is 26.2 Å². The molecule has 5 atom stereocenters. The molecule has 0 aromatic rings. The Kier molecular flexibility index (Phi) is 15.6. The largest absolute Gasteiger partial charge is 0.346 e. The van der Waals surface area contributed by atoms with Crippen LogP contribution in [0.15, 0.2) is 12.7 Å². The Hall–Kier alpha value is -3.77. The highest BCUT2D eigenvalue weighted by molar-refractivity contribution is 6.38. The van der Waals surface area contributed by atoms with Gasteiger partial charge in [0, 0.05) is 32.5 Å². The van der Waals surface area contributed by atoms with Crippen molar-refractivity contribution in [3.05, 3.63) is 12.7 Å². The first-order valence-corrected chi connectivity index (χ1v) is 19.7. The minimum absolute atomic E-state index is 0.0146. The Morgan fingerprint density at radius 2 is 1.57 bits per heavy atom. The van der Waals surface area contributed by atoms with E-state index < -0.39 is 58.6 Å². The first kappa shape index (κ1) is 43.6. The molecule has 2 unspecified atom stereocenters. The molecule has 298 valence electrons. The fourth-order valence-corrected chi connectivity index (χ4v) is 7.94. The first-order valence-electron chi connectivity index (χ1n) is 19.7. The Balaban J connectivity index is 1.87. The summed E-state index contributed by atoms with van der Waals surface area (Å²) in [6, 6.07) is -4.04. The summed E-state index contributed by atoms with van der Waals surface area (Å²) in [6.07, 6.45) is 8.47. The number of imide groups is 1. The molecule has 2 saturated heterocycles. The van der Waals surface area contributed by atoms with E-state index in [9.17, 15) is 33.6 Å². The minimum atomic E-state index is -1.05. The van der Waals surface area contributed by atoms with Gasteiger partial charge in [-0.3, -0.25) is 33.7 Å². The van der Waals surface area contributed by atoms with Crippen LogP contribution in [0.4, 0.5) is 4.79 Å². The van der Waals surface area contributed by atoms with Crippen molar-refractivity contribution in [2.75, 3.05) is 19.6 Å². The second kappa shape index (κ2) is 19.0. The third-order valence-electron chi connectivity index (χ3n) is 11.2. The lowest BCUT2D eigenvalue weighted by molar-refractivity contribution is -0.153. The zero-order valence-corrected chi connectivity index (χ0v) is 33.5. The first-order chi connectivity index (χ1) is 24.8. The number of hydrogen-bond donors (Lipinski definition) is 4. The molecule has 0 aromatic heterocycles. The van der Waals surface area contributed by atoms with Gasteiger partial charge in [-0.2, -0.15) is 0 Å². The zero-order chi connectivity index (χ0) is 39.7. The molecule has 2 aliphatic heterocycles. The summed E-state index contributed by atoms with van der Waals surface area (Å²) in [5, 5.41) is 11.3. The molecule has 13 nitrogen and oxygen atoms in total. The molecular formula is C40H66N6O7. The van der Waals surface area contributed by atoms with Crippen LogP contribution in [0, 0.1) is 28.6 Å². The molecule has 1 saturated carbocycles. The van der Waals surface area contributed by atoms with Crippen LogP contribution in [0.2, 0.25) is 0 Å². The number of urea groups is 1. The highest BCUT2D eigenvalue weighted by Gasteiger charge is 2.47. The summed E-state index contributed by atoms with van der Waals surface area (Å²) in [4.78, 5) is 97.4. The van der Waals surface area contributed by atoms with Crippen LogP contribution in [0.5, 0.6) is 0 Å². The Bertz CT molecular complexity index is 1350. The number of hydrogen-bond acceptors (Lipinski definition) is 7. The van der Waals surface area contributed by atoms with E-state index in [1.54, 1.807) is 4.90 Å². The third-order valence-corrected chi connectivity index (χ3v) is 11.2. The monoisotopic (exact) mass is 742 g/mol. The molecule has 0 spiro atoms. The van der Waals surface area contributed by atoms with E-state index in [0.29, 0.717) is 19.4 Å². The van der Waals surface area contributed by atoms with E-state index in [1.807, 2.05) is 55.4 Å². The summed E-state index contributed by atoms with van der Waals surface area (Å²) < 4.78 is 0. The van der Waals surface area contributed by atoms with E-state index in [-0.39, 0.29) is 67.8 Å². The summed E-state index contributed by atoms with van der Waals surface area (Å²) in [5.41, 5.74) is -0.961. The van der Waals surface area contributed by atoms with E-state index in [2.05, 4.69) is 27.8 Å². The number of carbonyl (C=O) groups is 7. The maximum absolute atomic E-state index is 14.7. The van der Waals surface area contributed by atoms with Crippen LogP contribution in [0.25, 0.3) is 0 Å². The average molecular weight is 743 g/mol. The maximum Gasteiger partial charge on any atom is 0.315 e. The van der Waals surface area contributed by atoms with Crippen molar-refractivity contribution in [2.45, 2.75) is 150 Å². The quantitative estimate of drug-likeness (QED) is 0.104. The van der Waals surface area contributed by atoms with Gasteiger partial charge >= 0.3 is 6.03 Å². The van der Waals surface area contributed by atoms with Gasteiger partial charge in [0.05, 0.1) is 12.1 Å². The van der Waals surface area contributed by atoms with Gasteiger partial charge in [0.2, 0.25) is 29.4 Å². The van der Waals surface area contributed by atoms with Crippen LogP contribution in [0.3, 0.4) is 0 Å². The number of piperidine rings is 1. The average Bonchev–Trinajstić information content (AvgIpc) is 3.54. The van der Waals surface area contributed by atoms with E-state index in [1.165, 1.54) is 11.0 Å². The highest BCUT2D eigenvalue weighted by atomic mass is 16.2. The number of ketones is 1. The lowest BCUT2D eigenvalue weighted by Gasteiger charge is -2.40. The van der Waals surface area contributed by atoms with Crippen molar-refractivity contribution in [1.29, 1.82) is 0 Å². The molecule has 3 fully saturated rings. The van der Waals surface area contributed by atoms with Crippen LogP contribution >= 0.6 is 0 Å². The second-order valence-electron chi connectivity index (χ2n) is 17.6. The Morgan fingerprint density at radius 3 is 2.11 bits per heavy atom. The number of carbonyl (C=O) groups excluding carboxylic acids is 7. The summed E-state index contributed by atoms with van der Waals surface area (Å²) in [6.45, 7) is 19.5. The number of amides is 7. The van der Waals surface area contributed by atoms with Gasteiger partial charge in [-0.25, -0.2) is 4.79 Å². The van der Waals surface area contributed by atoms with Gasteiger partial charge in [0.15, 0.2) is 0 Å². The summed E-state index contributed by atoms with van der Waals surface area (Å²) >= 11 is 0. The highest BCUT2D eigenvalue weighted by Crippen LogP contribution is 2.35. The van der Waals surface area contributed by atoms with Crippen molar-refractivity contribution < 1.29 is 33.6 Å². The van der Waals surface area contributed by atoms with Crippen LogP contribution in [0.1, 0.15) is 126 Å². The molecule has 4 N–H and O–H groups in total. The normalized spacial score (nSPS) is 22.5. The Morgan fingerprint density at radius 1 is 0.943 bits per heavy atom. The SMILES string of the molecule is C=CCNC(=O)C(=O)C(CCCC)NC(=O)[C@@H]1C(C(C)C)CCN1C(=O)[C@@H](NC(=O)N[C@H](CN1C(=O)CC(C)(C)CC1=O)C(C)(C)C)C1CCCCC1. The second-order valence-corrected chi connectivity index (χ2v) is 17.6. The fraction of sp³-hybridized carbons (Fsp3) is 0.775. The van der Waals surface area contributed by atoms with Gasteiger partial charge in [-0.15, -0.1) is 6.58 Å². The molecule has 2 heterocycles. The molecule has 3 rings (SSSR count). The molecule has 3 aliphatic rings. The van der Waals surface area contributed by atoms with E-state index in [0.717, 1.165) is 38.5 Å². The van der Waals surface area contributed by atoms with Gasteiger partial charge in [0.25, 0.3) is 5.91 Å². The number of nitrogens with zero attached hydrogens (tertiary/aromatic N) is 2. The van der Waals surface area contributed by atoms with E-state index in [4.69, 9.17) is 0 Å². The predicted molar refractivity (Wildman–Crippen MR) is 203 cm³/mol. The zero-order valence-electron chi connectivity index (χ0n) is 33.5.